The van der Waals surface area contributed by atoms with Crippen LogP contribution in [0, 0.1) is 17.6 Å². The van der Waals surface area contributed by atoms with Gasteiger partial charge in [-0.05, 0) is 44.0 Å². The Balaban J connectivity index is 1.49. The van der Waals surface area contributed by atoms with Crippen molar-refractivity contribution in [3.05, 3.63) is 41.0 Å². The Morgan fingerprint density at radius 1 is 1.29 bits per heavy atom. The summed E-state index contributed by atoms with van der Waals surface area (Å²) in [5.74, 6) is -0.954. The summed E-state index contributed by atoms with van der Waals surface area (Å²) in [7, 11) is 0. The van der Waals surface area contributed by atoms with Gasteiger partial charge in [0.1, 0.15) is 11.6 Å². The first kappa shape index (κ1) is 15.7. The second-order valence-electron chi connectivity index (χ2n) is 6.37. The van der Waals surface area contributed by atoms with E-state index in [0.29, 0.717) is 15.8 Å². The van der Waals surface area contributed by atoms with Crippen molar-refractivity contribution >= 4 is 17.2 Å². The van der Waals surface area contributed by atoms with E-state index in [1.54, 1.807) is 0 Å². The van der Waals surface area contributed by atoms with Gasteiger partial charge in [-0.1, -0.05) is 0 Å². The van der Waals surface area contributed by atoms with E-state index in [-0.39, 0.29) is 17.5 Å². The molecule has 1 N–H and O–H groups in total. The summed E-state index contributed by atoms with van der Waals surface area (Å²) in [4.78, 5) is 19.4. The number of hydrogen-bond acceptors (Lipinski definition) is 4. The lowest BCUT2D eigenvalue weighted by atomic mass is 9.84. The van der Waals surface area contributed by atoms with Crippen LogP contribution >= 0.6 is 11.3 Å². The van der Waals surface area contributed by atoms with Crippen molar-refractivity contribution < 1.29 is 13.6 Å². The number of amides is 1. The fourth-order valence-electron chi connectivity index (χ4n) is 3.55. The summed E-state index contributed by atoms with van der Waals surface area (Å²) in [6.45, 7) is 3.12. The number of hydrogen-bond donors (Lipinski definition) is 1. The molecule has 1 atom stereocenters. The Morgan fingerprint density at radius 3 is 2.75 bits per heavy atom. The molecule has 0 aliphatic carbocycles. The van der Waals surface area contributed by atoms with E-state index in [1.165, 1.54) is 18.3 Å². The van der Waals surface area contributed by atoms with Gasteiger partial charge in [0.2, 0.25) is 0 Å². The van der Waals surface area contributed by atoms with Crippen LogP contribution in [0.25, 0.3) is 10.4 Å². The number of halogens is 2. The molecule has 1 aromatic carbocycles. The molecule has 7 heteroatoms. The highest BCUT2D eigenvalue weighted by molar-refractivity contribution is 7.17. The summed E-state index contributed by atoms with van der Waals surface area (Å²) in [6, 6.07) is 3.57. The molecule has 1 unspecified atom stereocenters. The highest BCUT2D eigenvalue weighted by atomic mass is 32.1. The lowest BCUT2D eigenvalue weighted by Gasteiger charge is -2.44. The van der Waals surface area contributed by atoms with Gasteiger partial charge in [-0.2, -0.15) is 0 Å². The van der Waals surface area contributed by atoms with E-state index >= 15 is 0 Å². The number of carbonyl (C=O) groups is 1. The van der Waals surface area contributed by atoms with Crippen molar-refractivity contribution in [2.45, 2.75) is 18.9 Å². The first-order chi connectivity index (χ1) is 11.6. The van der Waals surface area contributed by atoms with Crippen molar-refractivity contribution in [2.75, 3.05) is 19.6 Å². The van der Waals surface area contributed by atoms with Gasteiger partial charge in [-0.25, -0.2) is 13.8 Å². The number of carbonyl (C=O) groups excluding carboxylic acids is 1. The molecule has 1 aromatic heterocycles. The van der Waals surface area contributed by atoms with Crippen LogP contribution in [-0.4, -0.2) is 41.5 Å². The van der Waals surface area contributed by atoms with E-state index in [9.17, 15) is 13.6 Å². The predicted octanol–water partition coefficient (Wildman–Crippen LogP) is 2.91. The maximum Gasteiger partial charge on any atom is 0.280 e. The minimum Gasteiger partial charge on any atom is -0.346 e. The third kappa shape index (κ3) is 2.93. The van der Waals surface area contributed by atoms with Gasteiger partial charge in [0.15, 0.2) is 5.01 Å². The molecule has 3 aliphatic heterocycles. The monoisotopic (exact) mass is 349 g/mol. The Morgan fingerprint density at radius 2 is 2.08 bits per heavy atom. The topological polar surface area (TPSA) is 45.2 Å². The summed E-state index contributed by atoms with van der Waals surface area (Å²) in [5, 5.41) is 3.38. The molecular formula is C17H17F2N3OS. The number of rotatable bonds is 3. The highest BCUT2D eigenvalue weighted by Crippen LogP contribution is 2.30. The molecule has 5 rings (SSSR count). The number of nitrogens with zero attached hydrogens (tertiary/aromatic N) is 2. The van der Waals surface area contributed by atoms with Crippen LogP contribution in [0.1, 0.15) is 22.6 Å². The zero-order valence-electron chi connectivity index (χ0n) is 13.0. The molecule has 0 spiro atoms. The molecule has 3 saturated heterocycles. The molecule has 0 saturated carbocycles. The van der Waals surface area contributed by atoms with Gasteiger partial charge >= 0.3 is 0 Å². The number of thiazole rings is 1. The minimum absolute atomic E-state index is 0.162. The number of piperidine rings is 3. The van der Waals surface area contributed by atoms with Crippen LogP contribution in [0.5, 0.6) is 0 Å². The first-order valence-corrected chi connectivity index (χ1v) is 8.86. The molecule has 126 valence electrons. The van der Waals surface area contributed by atoms with E-state index < -0.39 is 11.6 Å². The zero-order chi connectivity index (χ0) is 16.7. The predicted molar refractivity (Wildman–Crippen MR) is 87.9 cm³/mol. The average Bonchev–Trinajstić information content (AvgIpc) is 3.06. The number of nitrogens with one attached hydrogen (secondary N) is 1. The van der Waals surface area contributed by atoms with Gasteiger partial charge in [0, 0.05) is 30.4 Å². The van der Waals surface area contributed by atoms with Crippen molar-refractivity contribution in [1.29, 1.82) is 0 Å². The number of benzene rings is 1. The fourth-order valence-corrected chi connectivity index (χ4v) is 4.40. The SMILES string of the molecule is O=C(NC1CN2CCC1CC2)c1ncc(-c2ccc(F)cc2F)s1. The first-order valence-electron chi connectivity index (χ1n) is 8.04. The average molecular weight is 349 g/mol. The quantitative estimate of drug-likeness (QED) is 0.927. The fraction of sp³-hybridized carbons (Fsp3) is 0.412. The molecule has 2 bridgehead atoms. The largest absolute Gasteiger partial charge is 0.346 e. The van der Waals surface area contributed by atoms with Crippen LogP contribution in [0.4, 0.5) is 8.78 Å². The third-order valence-corrected chi connectivity index (χ3v) is 5.90. The number of fused-ring (bicyclic) bond motifs is 3. The lowest BCUT2D eigenvalue weighted by molar-refractivity contribution is 0.0620. The van der Waals surface area contributed by atoms with E-state index in [4.69, 9.17) is 0 Å². The Kier molecular flexibility index (Phi) is 4.05. The smallest absolute Gasteiger partial charge is 0.280 e. The maximum atomic E-state index is 13.9. The molecule has 4 nitrogen and oxygen atoms in total. The molecule has 1 amide bonds. The summed E-state index contributed by atoms with van der Waals surface area (Å²) in [5.41, 5.74) is 0.260. The van der Waals surface area contributed by atoms with Gasteiger partial charge in [0.05, 0.1) is 4.88 Å². The van der Waals surface area contributed by atoms with Crippen LogP contribution in [0.3, 0.4) is 0 Å². The van der Waals surface area contributed by atoms with Crippen LogP contribution in [0.2, 0.25) is 0 Å². The van der Waals surface area contributed by atoms with Crippen molar-refractivity contribution in [2.24, 2.45) is 5.92 Å². The highest BCUT2D eigenvalue weighted by Gasteiger charge is 2.35. The van der Waals surface area contributed by atoms with Gasteiger partial charge in [-0.15, -0.1) is 11.3 Å². The van der Waals surface area contributed by atoms with Crippen molar-refractivity contribution in [3.63, 3.8) is 0 Å². The molecule has 3 aliphatic rings. The molecular weight excluding hydrogens is 332 g/mol. The zero-order valence-corrected chi connectivity index (χ0v) is 13.8. The van der Waals surface area contributed by atoms with Gasteiger partial charge < -0.3 is 10.2 Å². The summed E-state index contributed by atoms with van der Waals surface area (Å²) >= 11 is 1.12. The second kappa shape index (κ2) is 6.22. The molecule has 24 heavy (non-hydrogen) atoms. The van der Waals surface area contributed by atoms with Crippen molar-refractivity contribution in [3.8, 4) is 10.4 Å². The third-order valence-electron chi connectivity index (χ3n) is 4.87. The minimum atomic E-state index is -0.650. The van der Waals surface area contributed by atoms with Crippen molar-refractivity contribution in [1.82, 2.24) is 15.2 Å². The van der Waals surface area contributed by atoms with Gasteiger partial charge in [0.25, 0.3) is 5.91 Å². The number of aromatic nitrogens is 1. The Hall–Kier alpha value is -1.86. The van der Waals surface area contributed by atoms with Gasteiger partial charge in [-0.3, -0.25) is 4.79 Å². The van der Waals surface area contributed by atoms with Crippen LogP contribution < -0.4 is 5.32 Å². The van der Waals surface area contributed by atoms with E-state index in [2.05, 4.69) is 15.2 Å². The van der Waals surface area contributed by atoms with E-state index in [0.717, 1.165) is 49.9 Å². The van der Waals surface area contributed by atoms with Crippen LogP contribution in [-0.2, 0) is 0 Å². The molecule has 2 aromatic rings. The molecule has 3 fully saturated rings. The normalized spacial score (nSPS) is 25.7. The van der Waals surface area contributed by atoms with E-state index in [1.807, 2.05) is 0 Å². The summed E-state index contributed by atoms with van der Waals surface area (Å²) in [6.07, 6.45) is 3.70. The standard InChI is InChI=1S/C17H17F2N3OS/c18-11-1-2-12(13(19)7-11)15-8-20-17(24-15)16(23)21-14-9-22-5-3-10(14)4-6-22/h1-2,7-8,10,14H,3-6,9H2,(H,21,23). The maximum absolute atomic E-state index is 13.9. The molecule has 4 heterocycles. The summed E-state index contributed by atoms with van der Waals surface area (Å²) < 4.78 is 26.9. The second-order valence-corrected chi connectivity index (χ2v) is 7.40. The Bertz CT molecular complexity index is 771. The lowest BCUT2D eigenvalue weighted by Crippen LogP contribution is -2.57. The molecule has 0 radical (unpaired) electrons. The Labute approximate surface area is 142 Å². The van der Waals surface area contributed by atoms with Crippen LogP contribution in [0.15, 0.2) is 24.4 Å².